The van der Waals surface area contributed by atoms with Gasteiger partial charge in [-0.3, -0.25) is 4.79 Å². The molecular formula is C32H33N3O5S. The molecule has 0 saturated heterocycles. The number of rotatable bonds is 9. The summed E-state index contributed by atoms with van der Waals surface area (Å²) in [4.78, 5) is 18.0. The number of carboxylic acid groups (broad SMARTS) is 1. The van der Waals surface area contributed by atoms with E-state index in [0.29, 0.717) is 61.1 Å². The highest BCUT2D eigenvalue weighted by molar-refractivity contribution is 7.90. The maximum absolute atomic E-state index is 12.8. The first-order chi connectivity index (χ1) is 19.7. The highest BCUT2D eigenvalue weighted by atomic mass is 32.2. The van der Waals surface area contributed by atoms with Gasteiger partial charge in [0.1, 0.15) is 5.75 Å². The molecule has 0 unspecified atom stereocenters. The summed E-state index contributed by atoms with van der Waals surface area (Å²) in [5, 5.41) is 15.4. The van der Waals surface area contributed by atoms with E-state index in [9.17, 15) is 18.3 Å². The number of aromatic nitrogens is 3. The van der Waals surface area contributed by atoms with E-state index >= 15 is 0 Å². The van der Waals surface area contributed by atoms with Crippen LogP contribution in [0, 0.1) is 5.92 Å². The summed E-state index contributed by atoms with van der Waals surface area (Å²) >= 11 is 0. The Bertz CT molecular complexity index is 1660. The van der Waals surface area contributed by atoms with Crippen LogP contribution < -0.4 is 4.74 Å². The number of ether oxygens (including phenoxy) is 1. The number of para-hydroxylation sites is 1. The van der Waals surface area contributed by atoms with Crippen LogP contribution in [0.2, 0.25) is 0 Å². The van der Waals surface area contributed by atoms with Crippen molar-refractivity contribution in [2.75, 3.05) is 6.26 Å². The summed E-state index contributed by atoms with van der Waals surface area (Å²) in [6.07, 6.45) is 5.00. The van der Waals surface area contributed by atoms with Crippen molar-refractivity contribution >= 4 is 15.8 Å². The predicted molar refractivity (Wildman–Crippen MR) is 154 cm³/mol. The molecule has 4 aromatic rings. The van der Waals surface area contributed by atoms with Gasteiger partial charge in [-0.25, -0.2) is 18.1 Å². The highest BCUT2D eigenvalue weighted by Crippen LogP contribution is 2.49. The molecule has 6 rings (SSSR count). The number of carbonyl (C=O) groups is 1. The number of hydrogen-bond donors (Lipinski definition) is 1. The molecule has 2 aliphatic carbocycles. The quantitative estimate of drug-likeness (QED) is 0.277. The molecule has 2 saturated carbocycles. The second-order valence-electron chi connectivity index (χ2n) is 11.3. The Morgan fingerprint density at radius 2 is 1.61 bits per heavy atom. The van der Waals surface area contributed by atoms with Crippen LogP contribution in [0.3, 0.4) is 0 Å². The molecule has 9 heteroatoms. The fraction of sp³-hybridized carbons (Fsp3) is 0.344. The van der Waals surface area contributed by atoms with Gasteiger partial charge in [0, 0.05) is 18.4 Å². The van der Waals surface area contributed by atoms with E-state index in [1.54, 1.807) is 18.2 Å². The zero-order valence-corrected chi connectivity index (χ0v) is 23.8. The molecule has 0 bridgehead atoms. The standard InChI is InChI=1S/C32H33N3O5S/c1-41(38,39)27-14-8-9-24(21-27)28-33-29(35(34-28)22-23-15-16-23)32(40-26-12-6-3-7-13-26)19-17-31(18-20-32,30(36)37)25-10-4-2-5-11-25/h2-14,21,23H,15-20,22H2,1H3,(H,36,37)/t31-,32-. The zero-order chi connectivity index (χ0) is 28.7. The molecular weight excluding hydrogens is 538 g/mol. The lowest BCUT2D eigenvalue weighted by atomic mass is 9.65. The van der Waals surface area contributed by atoms with Crippen LogP contribution >= 0.6 is 0 Å². The van der Waals surface area contributed by atoms with Crippen molar-refractivity contribution in [1.82, 2.24) is 14.8 Å². The van der Waals surface area contributed by atoms with Gasteiger partial charge < -0.3 is 9.84 Å². The average molecular weight is 572 g/mol. The van der Waals surface area contributed by atoms with Crippen LogP contribution in [0.1, 0.15) is 49.9 Å². The fourth-order valence-electron chi connectivity index (χ4n) is 5.89. The van der Waals surface area contributed by atoms with E-state index in [4.69, 9.17) is 14.8 Å². The number of hydrogen-bond acceptors (Lipinski definition) is 6. The molecule has 8 nitrogen and oxygen atoms in total. The van der Waals surface area contributed by atoms with Crippen molar-refractivity contribution in [2.24, 2.45) is 5.92 Å². The van der Waals surface area contributed by atoms with Gasteiger partial charge >= 0.3 is 5.97 Å². The van der Waals surface area contributed by atoms with E-state index in [2.05, 4.69) is 0 Å². The Labute approximate surface area is 239 Å². The maximum Gasteiger partial charge on any atom is 0.314 e. The van der Waals surface area contributed by atoms with Crippen LogP contribution in [0.25, 0.3) is 11.4 Å². The number of benzene rings is 3. The van der Waals surface area contributed by atoms with E-state index in [0.717, 1.165) is 18.4 Å². The number of sulfone groups is 1. The first-order valence-electron chi connectivity index (χ1n) is 14.0. The van der Waals surface area contributed by atoms with E-state index < -0.39 is 26.8 Å². The van der Waals surface area contributed by atoms with Crippen LogP contribution in [-0.4, -0.2) is 40.5 Å². The molecule has 41 heavy (non-hydrogen) atoms. The monoisotopic (exact) mass is 571 g/mol. The lowest BCUT2D eigenvalue weighted by Gasteiger charge is -2.44. The molecule has 1 heterocycles. The molecule has 0 amide bonds. The SMILES string of the molecule is CS(=O)(=O)c1cccc(-c2nc([C@]3(Oc4ccccc4)CC[C@@](C(=O)O)(c4ccccc4)CC3)n(CC3CC3)n2)c1. The van der Waals surface area contributed by atoms with Gasteiger partial charge in [-0.05, 0) is 74.3 Å². The van der Waals surface area contributed by atoms with Crippen molar-refractivity contribution in [1.29, 1.82) is 0 Å². The smallest absolute Gasteiger partial charge is 0.314 e. The van der Waals surface area contributed by atoms with Gasteiger partial charge in [0.2, 0.25) is 0 Å². The number of nitrogens with zero attached hydrogens (tertiary/aromatic N) is 3. The second-order valence-corrected chi connectivity index (χ2v) is 13.4. The minimum absolute atomic E-state index is 0.206. The topological polar surface area (TPSA) is 111 Å². The van der Waals surface area contributed by atoms with Gasteiger partial charge in [0.15, 0.2) is 27.1 Å². The highest BCUT2D eigenvalue weighted by Gasteiger charge is 2.52. The first-order valence-corrected chi connectivity index (χ1v) is 15.9. The Hall–Kier alpha value is -3.98. The summed E-state index contributed by atoms with van der Waals surface area (Å²) in [5.74, 6) is 1.41. The largest absolute Gasteiger partial charge is 0.481 e. The van der Waals surface area contributed by atoms with Crippen LogP contribution in [-0.2, 0) is 32.2 Å². The predicted octanol–water partition coefficient (Wildman–Crippen LogP) is 5.63. The van der Waals surface area contributed by atoms with E-state index in [1.165, 1.54) is 6.26 Å². The minimum atomic E-state index is -3.41. The molecule has 212 valence electrons. The molecule has 0 atom stereocenters. The lowest BCUT2D eigenvalue weighted by Crippen LogP contribution is -2.48. The Morgan fingerprint density at radius 1 is 0.951 bits per heavy atom. The summed E-state index contributed by atoms with van der Waals surface area (Å²) in [5.41, 5.74) is -0.542. The summed E-state index contributed by atoms with van der Waals surface area (Å²) in [6.45, 7) is 0.677. The second kappa shape index (κ2) is 10.4. The van der Waals surface area contributed by atoms with Crippen LogP contribution in [0.5, 0.6) is 5.75 Å². The van der Waals surface area contributed by atoms with Gasteiger partial charge in [0.05, 0.1) is 10.3 Å². The molecule has 2 fully saturated rings. The first kappa shape index (κ1) is 27.2. The van der Waals surface area contributed by atoms with Gasteiger partial charge in [-0.1, -0.05) is 60.7 Å². The van der Waals surface area contributed by atoms with Gasteiger partial charge in [0.25, 0.3) is 0 Å². The third kappa shape index (κ3) is 5.38. The van der Waals surface area contributed by atoms with Crippen molar-refractivity contribution < 1.29 is 23.1 Å². The van der Waals surface area contributed by atoms with E-state index in [-0.39, 0.29) is 4.90 Å². The molecule has 0 aliphatic heterocycles. The molecule has 1 aromatic heterocycles. The third-order valence-corrected chi connectivity index (χ3v) is 9.54. The van der Waals surface area contributed by atoms with Crippen LogP contribution in [0.4, 0.5) is 0 Å². The Kier molecular flexibility index (Phi) is 6.93. The lowest BCUT2D eigenvalue weighted by molar-refractivity contribution is -0.147. The molecule has 3 aromatic carbocycles. The summed E-state index contributed by atoms with van der Waals surface area (Å²) < 4.78 is 33.2. The normalized spacial score (nSPS) is 22.8. The van der Waals surface area contributed by atoms with Gasteiger partial charge in [-0.2, -0.15) is 5.10 Å². The number of aliphatic carboxylic acids is 1. The molecule has 0 spiro atoms. The van der Waals surface area contributed by atoms with Crippen LogP contribution in [0.15, 0.2) is 89.8 Å². The number of carboxylic acids is 1. The average Bonchev–Trinajstić information content (AvgIpc) is 3.69. The zero-order valence-electron chi connectivity index (χ0n) is 22.9. The van der Waals surface area contributed by atoms with Crippen molar-refractivity contribution in [2.45, 2.75) is 61.0 Å². The summed E-state index contributed by atoms with van der Waals surface area (Å²) in [7, 11) is -3.41. The molecule has 2 aliphatic rings. The van der Waals surface area contributed by atoms with Crippen molar-refractivity contribution in [3.8, 4) is 17.1 Å². The molecule has 0 radical (unpaired) electrons. The Morgan fingerprint density at radius 3 is 2.22 bits per heavy atom. The maximum atomic E-state index is 12.8. The third-order valence-electron chi connectivity index (χ3n) is 8.43. The van der Waals surface area contributed by atoms with Gasteiger partial charge in [-0.15, -0.1) is 0 Å². The minimum Gasteiger partial charge on any atom is -0.481 e. The van der Waals surface area contributed by atoms with Crippen molar-refractivity contribution in [3.63, 3.8) is 0 Å². The summed E-state index contributed by atoms with van der Waals surface area (Å²) in [6, 6.07) is 25.7. The van der Waals surface area contributed by atoms with Crippen molar-refractivity contribution in [3.05, 3.63) is 96.3 Å². The van der Waals surface area contributed by atoms with E-state index in [1.807, 2.05) is 71.4 Å². The Balaban J connectivity index is 1.45. The fourth-order valence-corrected chi connectivity index (χ4v) is 6.56. The molecule has 1 N–H and O–H groups in total.